The SMILES string of the molecule is CC1(C)c2ccccc2C2(c3ccccc3-c3cc(-c4ccc(N(c5ccc(-c6ccccc6)cc5)c5ccc(-c6ccc(-c7ccccc7)cc6)cc5)cc4)ccc32)c2ccccc21. The van der Waals surface area contributed by atoms with Crippen molar-refractivity contribution in [1.82, 2.24) is 0 Å². The van der Waals surface area contributed by atoms with Gasteiger partial charge in [-0.3, -0.25) is 0 Å². The average molecular weight is 830 g/mol. The summed E-state index contributed by atoms with van der Waals surface area (Å²) in [6, 6.07) is 91.7. The van der Waals surface area contributed by atoms with Gasteiger partial charge in [0, 0.05) is 22.5 Å². The molecule has 1 nitrogen and oxygen atoms in total. The molecule has 10 aromatic rings. The van der Waals surface area contributed by atoms with Gasteiger partial charge in [-0.1, -0.05) is 220 Å². The quantitative estimate of drug-likeness (QED) is 0.155. The molecule has 0 N–H and O–H groups in total. The van der Waals surface area contributed by atoms with Crippen LogP contribution in [0.2, 0.25) is 0 Å². The van der Waals surface area contributed by atoms with Crippen molar-refractivity contribution >= 4 is 17.1 Å². The molecule has 0 aromatic heterocycles. The van der Waals surface area contributed by atoms with Crippen molar-refractivity contribution in [2.75, 3.05) is 4.90 Å². The molecule has 2 aliphatic rings. The molecule has 0 saturated heterocycles. The van der Waals surface area contributed by atoms with E-state index < -0.39 is 5.41 Å². The minimum absolute atomic E-state index is 0.118. The van der Waals surface area contributed by atoms with Gasteiger partial charge in [-0.25, -0.2) is 0 Å². The highest BCUT2D eigenvalue weighted by Gasteiger charge is 2.53. The molecule has 1 spiro atoms. The molecule has 0 fully saturated rings. The van der Waals surface area contributed by atoms with Crippen molar-refractivity contribution in [3.8, 4) is 55.6 Å². The first kappa shape index (κ1) is 38.7. The van der Waals surface area contributed by atoms with Crippen molar-refractivity contribution in [2.45, 2.75) is 24.7 Å². The Hall–Kier alpha value is -8.00. The van der Waals surface area contributed by atoms with Gasteiger partial charge >= 0.3 is 0 Å². The summed E-state index contributed by atoms with van der Waals surface area (Å²) < 4.78 is 0. The van der Waals surface area contributed by atoms with Crippen molar-refractivity contribution < 1.29 is 0 Å². The molecule has 1 heteroatoms. The van der Waals surface area contributed by atoms with Crippen LogP contribution in [-0.2, 0) is 10.8 Å². The summed E-state index contributed by atoms with van der Waals surface area (Å²) in [7, 11) is 0. The fraction of sp³-hybridized carbons (Fsp3) is 0.0625. The second-order valence-corrected chi connectivity index (χ2v) is 18.1. The largest absolute Gasteiger partial charge is 0.311 e. The molecular formula is C64H47N. The van der Waals surface area contributed by atoms with Crippen molar-refractivity contribution in [1.29, 1.82) is 0 Å². The molecule has 0 radical (unpaired) electrons. The maximum Gasteiger partial charge on any atom is 0.0719 e. The number of nitrogens with zero attached hydrogens (tertiary/aromatic N) is 1. The Morgan fingerprint density at radius 3 is 1.00 bits per heavy atom. The molecule has 0 unspecified atom stereocenters. The highest BCUT2D eigenvalue weighted by Crippen LogP contribution is 2.62. The monoisotopic (exact) mass is 829 g/mol. The summed E-state index contributed by atoms with van der Waals surface area (Å²) in [5.74, 6) is 0. The minimum atomic E-state index is -0.394. The topological polar surface area (TPSA) is 3.24 Å². The lowest BCUT2D eigenvalue weighted by Gasteiger charge is -2.46. The van der Waals surface area contributed by atoms with E-state index in [9.17, 15) is 0 Å². The lowest BCUT2D eigenvalue weighted by atomic mass is 9.55. The van der Waals surface area contributed by atoms with E-state index in [0.717, 1.165) is 17.1 Å². The number of benzene rings is 10. The maximum absolute atomic E-state index is 2.44. The number of hydrogen-bond donors (Lipinski definition) is 0. The Morgan fingerprint density at radius 2 is 0.554 bits per heavy atom. The van der Waals surface area contributed by atoms with Crippen LogP contribution in [0.4, 0.5) is 17.1 Å². The van der Waals surface area contributed by atoms with Crippen LogP contribution in [-0.4, -0.2) is 0 Å². The third kappa shape index (κ3) is 6.22. The zero-order chi connectivity index (χ0) is 43.5. The number of fused-ring (bicyclic) bond motifs is 9. The predicted octanol–water partition coefficient (Wildman–Crippen LogP) is 16.8. The molecule has 2 aliphatic carbocycles. The molecule has 0 saturated carbocycles. The number of rotatable bonds is 7. The molecule has 0 amide bonds. The van der Waals surface area contributed by atoms with Gasteiger partial charge in [0.15, 0.2) is 0 Å². The lowest BCUT2D eigenvalue weighted by molar-refractivity contribution is 0.563. The third-order valence-electron chi connectivity index (χ3n) is 14.2. The van der Waals surface area contributed by atoms with Gasteiger partial charge in [-0.05, 0) is 131 Å². The molecule has 10 aromatic carbocycles. The average Bonchev–Trinajstić information content (AvgIpc) is 3.67. The summed E-state index contributed by atoms with van der Waals surface area (Å²) in [6.07, 6.45) is 0. The summed E-state index contributed by atoms with van der Waals surface area (Å²) in [4.78, 5) is 2.36. The highest BCUT2D eigenvalue weighted by molar-refractivity contribution is 5.91. The van der Waals surface area contributed by atoms with Crippen LogP contribution < -0.4 is 4.90 Å². The Bertz CT molecular complexity index is 3290. The van der Waals surface area contributed by atoms with Gasteiger partial charge in [0.1, 0.15) is 0 Å². The summed E-state index contributed by atoms with van der Waals surface area (Å²) >= 11 is 0. The standard InChI is InChI=1S/C64H47N/c1-63(2)59-21-11-13-23-61(59)64(62-24-14-12-22-60(62)63)57-20-10-9-19-55(57)56-43-51(35-42-58(56)64)50-33-40-54(41-34-50)65(52-36-29-48(30-37-52)45-17-7-4-8-18-45)53-38-31-49(32-39-53)47-27-25-46(26-28-47)44-15-5-3-6-16-44/h3-43H,1-2H3. The fourth-order valence-electron chi connectivity index (χ4n) is 11.0. The Kier molecular flexibility index (Phi) is 9.14. The van der Waals surface area contributed by atoms with E-state index in [-0.39, 0.29) is 5.41 Å². The Labute approximate surface area is 382 Å². The molecule has 0 heterocycles. The van der Waals surface area contributed by atoms with Gasteiger partial charge < -0.3 is 4.90 Å². The first-order valence-corrected chi connectivity index (χ1v) is 22.7. The maximum atomic E-state index is 2.44. The van der Waals surface area contributed by atoms with Gasteiger partial charge in [0.25, 0.3) is 0 Å². The third-order valence-corrected chi connectivity index (χ3v) is 14.2. The van der Waals surface area contributed by atoms with Crippen LogP contribution in [0.25, 0.3) is 55.6 Å². The van der Waals surface area contributed by atoms with Crippen LogP contribution in [0.3, 0.4) is 0 Å². The second kappa shape index (κ2) is 15.4. The Morgan fingerprint density at radius 1 is 0.246 bits per heavy atom. The molecule has 0 bridgehead atoms. The van der Waals surface area contributed by atoms with Crippen LogP contribution >= 0.6 is 0 Å². The van der Waals surface area contributed by atoms with E-state index in [0.29, 0.717) is 0 Å². The number of hydrogen-bond acceptors (Lipinski definition) is 1. The zero-order valence-corrected chi connectivity index (χ0v) is 36.6. The van der Waals surface area contributed by atoms with Gasteiger partial charge in [-0.2, -0.15) is 0 Å². The first-order valence-electron chi connectivity index (χ1n) is 22.7. The van der Waals surface area contributed by atoms with E-state index >= 15 is 0 Å². The van der Waals surface area contributed by atoms with Crippen LogP contribution in [0.1, 0.15) is 47.2 Å². The van der Waals surface area contributed by atoms with Gasteiger partial charge in [-0.15, -0.1) is 0 Å². The molecule has 65 heavy (non-hydrogen) atoms. The molecular weight excluding hydrogens is 783 g/mol. The first-order chi connectivity index (χ1) is 32.0. The minimum Gasteiger partial charge on any atom is -0.311 e. The van der Waals surface area contributed by atoms with E-state index in [1.54, 1.807) is 0 Å². The molecule has 12 rings (SSSR count). The summed E-state index contributed by atoms with van der Waals surface area (Å²) in [6.45, 7) is 4.77. The fourth-order valence-corrected chi connectivity index (χ4v) is 11.0. The van der Waals surface area contributed by atoms with E-state index in [2.05, 4.69) is 267 Å². The molecule has 0 atom stereocenters. The predicted molar refractivity (Wildman–Crippen MR) is 272 cm³/mol. The summed E-state index contributed by atoms with van der Waals surface area (Å²) in [5.41, 5.74) is 23.3. The van der Waals surface area contributed by atoms with Gasteiger partial charge in [0.2, 0.25) is 0 Å². The highest BCUT2D eigenvalue weighted by atomic mass is 15.1. The van der Waals surface area contributed by atoms with Crippen molar-refractivity contribution in [3.63, 3.8) is 0 Å². The van der Waals surface area contributed by atoms with Gasteiger partial charge in [0.05, 0.1) is 5.41 Å². The van der Waals surface area contributed by atoms with E-state index in [4.69, 9.17) is 0 Å². The van der Waals surface area contributed by atoms with E-state index in [1.165, 1.54) is 89.0 Å². The van der Waals surface area contributed by atoms with Crippen molar-refractivity contribution in [3.05, 3.63) is 282 Å². The van der Waals surface area contributed by atoms with Crippen LogP contribution in [0.15, 0.2) is 249 Å². The van der Waals surface area contributed by atoms with E-state index in [1.807, 2.05) is 0 Å². The summed E-state index contributed by atoms with van der Waals surface area (Å²) in [5, 5.41) is 0. The molecule has 0 aliphatic heterocycles. The Balaban J connectivity index is 0.923. The zero-order valence-electron chi connectivity index (χ0n) is 36.6. The molecule has 308 valence electrons. The van der Waals surface area contributed by atoms with Crippen LogP contribution in [0.5, 0.6) is 0 Å². The van der Waals surface area contributed by atoms with Crippen molar-refractivity contribution in [2.24, 2.45) is 0 Å². The lowest BCUT2D eigenvalue weighted by Crippen LogP contribution is -2.40. The smallest absolute Gasteiger partial charge is 0.0719 e. The second-order valence-electron chi connectivity index (χ2n) is 18.1. The van der Waals surface area contributed by atoms with Crippen LogP contribution in [0, 0.1) is 0 Å². The normalized spacial score (nSPS) is 13.6. The number of anilines is 3.